The topological polar surface area (TPSA) is 21.3 Å². The molecule has 0 saturated heterocycles. The van der Waals surface area contributed by atoms with E-state index in [1.165, 1.54) is 28.4 Å². The van der Waals surface area contributed by atoms with Gasteiger partial charge >= 0.3 is 0 Å². The summed E-state index contributed by atoms with van der Waals surface area (Å²) in [4.78, 5) is 0. The Balaban J connectivity index is 2.23. The van der Waals surface area contributed by atoms with E-state index in [1.807, 2.05) is 0 Å². The SMILES string of the molecule is CCCNC(CCC(C)C)c1cc(Br)cc2c1OCC2. The third kappa shape index (κ3) is 3.98. The standard InChI is InChI=1S/C17H26BrNO/c1-4-8-19-16(6-5-12(2)3)15-11-14(18)10-13-7-9-20-17(13)15/h10-12,16,19H,4-9H2,1-3H3. The van der Waals surface area contributed by atoms with Gasteiger partial charge in [0.25, 0.3) is 0 Å². The summed E-state index contributed by atoms with van der Waals surface area (Å²) in [7, 11) is 0. The summed E-state index contributed by atoms with van der Waals surface area (Å²) >= 11 is 3.65. The van der Waals surface area contributed by atoms with Gasteiger partial charge in [0, 0.05) is 22.5 Å². The maximum absolute atomic E-state index is 5.89. The van der Waals surface area contributed by atoms with Gasteiger partial charge in [0.2, 0.25) is 0 Å². The largest absolute Gasteiger partial charge is 0.493 e. The van der Waals surface area contributed by atoms with E-state index in [1.54, 1.807) is 0 Å². The number of hydrogen-bond donors (Lipinski definition) is 1. The highest BCUT2D eigenvalue weighted by molar-refractivity contribution is 9.10. The summed E-state index contributed by atoms with van der Waals surface area (Å²) < 4.78 is 7.06. The first-order valence-corrected chi connectivity index (χ1v) is 8.59. The molecule has 0 amide bonds. The van der Waals surface area contributed by atoms with E-state index in [0.29, 0.717) is 6.04 Å². The zero-order valence-electron chi connectivity index (χ0n) is 12.8. The number of benzene rings is 1. The van der Waals surface area contributed by atoms with Crippen LogP contribution in [0.25, 0.3) is 0 Å². The van der Waals surface area contributed by atoms with Crippen molar-refractivity contribution >= 4 is 15.9 Å². The van der Waals surface area contributed by atoms with Gasteiger partial charge in [-0.15, -0.1) is 0 Å². The van der Waals surface area contributed by atoms with E-state index in [0.717, 1.165) is 37.7 Å². The van der Waals surface area contributed by atoms with Gasteiger partial charge in [-0.05, 0) is 49.4 Å². The van der Waals surface area contributed by atoms with Crippen LogP contribution in [0.1, 0.15) is 57.2 Å². The molecule has 0 aromatic heterocycles. The Morgan fingerprint density at radius 3 is 2.80 bits per heavy atom. The van der Waals surface area contributed by atoms with Crippen molar-refractivity contribution in [1.82, 2.24) is 5.32 Å². The molecule has 1 aromatic carbocycles. The van der Waals surface area contributed by atoms with Gasteiger partial charge in [-0.2, -0.15) is 0 Å². The average Bonchev–Trinajstić information content (AvgIpc) is 2.86. The maximum Gasteiger partial charge on any atom is 0.127 e. The molecule has 2 nitrogen and oxygen atoms in total. The molecule has 0 spiro atoms. The third-order valence-corrected chi connectivity index (χ3v) is 4.28. The maximum atomic E-state index is 5.89. The molecule has 1 atom stereocenters. The minimum atomic E-state index is 0.404. The highest BCUT2D eigenvalue weighted by atomic mass is 79.9. The number of hydrogen-bond acceptors (Lipinski definition) is 2. The fraction of sp³-hybridized carbons (Fsp3) is 0.647. The van der Waals surface area contributed by atoms with Crippen LogP contribution in [0, 0.1) is 5.92 Å². The molecule has 1 aliphatic heterocycles. The highest BCUT2D eigenvalue weighted by Crippen LogP contribution is 2.38. The molecule has 20 heavy (non-hydrogen) atoms. The lowest BCUT2D eigenvalue weighted by atomic mass is 9.95. The minimum Gasteiger partial charge on any atom is -0.493 e. The Kier molecular flexibility index (Phi) is 5.91. The number of rotatable bonds is 7. The van der Waals surface area contributed by atoms with Gasteiger partial charge in [0.05, 0.1) is 6.61 Å². The van der Waals surface area contributed by atoms with E-state index in [2.05, 4.69) is 54.2 Å². The Morgan fingerprint density at radius 1 is 1.30 bits per heavy atom. The Morgan fingerprint density at radius 2 is 2.10 bits per heavy atom. The summed E-state index contributed by atoms with van der Waals surface area (Å²) in [6.45, 7) is 8.68. The summed E-state index contributed by atoms with van der Waals surface area (Å²) in [6, 6.07) is 4.84. The van der Waals surface area contributed by atoms with Crippen LogP contribution in [0.5, 0.6) is 5.75 Å². The van der Waals surface area contributed by atoms with Gasteiger partial charge < -0.3 is 10.1 Å². The van der Waals surface area contributed by atoms with Crippen LogP contribution in [0.2, 0.25) is 0 Å². The van der Waals surface area contributed by atoms with Crippen LogP contribution in [-0.2, 0) is 6.42 Å². The molecule has 0 bridgehead atoms. The zero-order chi connectivity index (χ0) is 14.5. The van der Waals surface area contributed by atoms with Gasteiger partial charge in [-0.1, -0.05) is 36.7 Å². The van der Waals surface area contributed by atoms with Gasteiger partial charge in [-0.3, -0.25) is 0 Å². The van der Waals surface area contributed by atoms with E-state index >= 15 is 0 Å². The second kappa shape index (κ2) is 7.46. The molecule has 1 aromatic rings. The molecule has 1 N–H and O–H groups in total. The summed E-state index contributed by atoms with van der Waals surface area (Å²) in [5.74, 6) is 1.87. The lowest BCUT2D eigenvalue weighted by molar-refractivity contribution is 0.344. The number of fused-ring (bicyclic) bond motifs is 1. The van der Waals surface area contributed by atoms with Crippen molar-refractivity contribution in [1.29, 1.82) is 0 Å². The first kappa shape index (κ1) is 15.8. The predicted octanol–water partition coefficient (Wildman–Crippen LogP) is 4.86. The van der Waals surface area contributed by atoms with E-state index < -0.39 is 0 Å². The Labute approximate surface area is 131 Å². The van der Waals surface area contributed by atoms with Crippen molar-refractivity contribution in [3.05, 3.63) is 27.7 Å². The van der Waals surface area contributed by atoms with Crippen molar-refractivity contribution in [2.75, 3.05) is 13.2 Å². The van der Waals surface area contributed by atoms with Crippen molar-refractivity contribution in [2.45, 2.75) is 52.5 Å². The molecule has 0 radical (unpaired) electrons. The summed E-state index contributed by atoms with van der Waals surface area (Å²) in [5, 5.41) is 3.70. The van der Waals surface area contributed by atoms with Crippen molar-refractivity contribution in [2.24, 2.45) is 5.92 Å². The normalized spacial score (nSPS) is 15.2. The summed E-state index contributed by atoms with van der Waals surface area (Å²) in [5.41, 5.74) is 2.68. The Hall–Kier alpha value is -0.540. The van der Waals surface area contributed by atoms with Crippen LogP contribution in [-0.4, -0.2) is 13.2 Å². The first-order chi connectivity index (χ1) is 9.61. The van der Waals surface area contributed by atoms with Gasteiger partial charge in [-0.25, -0.2) is 0 Å². The number of nitrogens with one attached hydrogen (secondary N) is 1. The molecular weight excluding hydrogens is 314 g/mol. The van der Waals surface area contributed by atoms with Crippen LogP contribution < -0.4 is 10.1 Å². The highest BCUT2D eigenvalue weighted by Gasteiger charge is 2.23. The van der Waals surface area contributed by atoms with Crippen LogP contribution in [0.3, 0.4) is 0 Å². The molecule has 0 fully saturated rings. The second-order valence-corrected chi connectivity index (χ2v) is 6.98. The lowest BCUT2D eigenvalue weighted by Crippen LogP contribution is -2.23. The fourth-order valence-corrected chi connectivity index (χ4v) is 3.27. The molecular formula is C17H26BrNO. The van der Waals surface area contributed by atoms with Crippen LogP contribution in [0.15, 0.2) is 16.6 Å². The van der Waals surface area contributed by atoms with Crippen LogP contribution >= 0.6 is 15.9 Å². The average molecular weight is 340 g/mol. The van der Waals surface area contributed by atoms with Gasteiger partial charge in [0.15, 0.2) is 0 Å². The number of halogens is 1. The second-order valence-electron chi connectivity index (χ2n) is 6.06. The minimum absolute atomic E-state index is 0.404. The molecule has 2 rings (SSSR count). The molecule has 3 heteroatoms. The van der Waals surface area contributed by atoms with Crippen molar-refractivity contribution < 1.29 is 4.74 Å². The molecule has 1 aliphatic rings. The number of ether oxygens (including phenoxy) is 1. The molecule has 0 saturated carbocycles. The monoisotopic (exact) mass is 339 g/mol. The Bertz CT molecular complexity index is 445. The summed E-state index contributed by atoms with van der Waals surface area (Å²) in [6.07, 6.45) is 4.61. The smallest absolute Gasteiger partial charge is 0.127 e. The molecule has 0 aliphatic carbocycles. The first-order valence-electron chi connectivity index (χ1n) is 7.80. The van der Waals surface area contributed by atoms with Crippen molar-refractivity contribution in [3.8, 4) is 5.75 Å². The molecule has 1 unspecified atom stereocenters. The quantitative estimate of drug-likeness (QED) is 0.765. The van der Waals surface area contributed by atoms with Crippen molar-refractivity contribution in [3.63, 3.8) is 0 Å². The van der Waals surface area contributed by atoms with E-state index in [9.17, 15) is 0 Å². The zero-order valence-corrected chi connectivity index (χ0v) is 14.4. The fourth-order valence-electron chi connectivity index (χ4n) is 2.74. The van der Waals surface area contributed by atoms with Gasteiger partial charge in [0.1, 0.15) is 5.75 Å². The molecule has 1 heterocycles. The van der Waals surface area contributed by atoms with E-state index in [-0.39, 0.29) is 0 Å². The molecule has 112 valence electrons. The van der Waals surface area contributed by atoms with Crippen LogP contribution in [0.4, 0.5) is 0 Å². The lowest BCUT2D eigenvalue weighted by Gasteiger charge is -2.22. The predicted molar refractivity (Wildman–Crippen MR) is 88.4 cm³/mol. The van der Waals surface area contributed by atoms with E-state index in [4.69, 9.17) is 4.74 Å². The third-order valence-electron chi connectivity index (χ3n) is 3.83.